The Hall–Kier alpha value is -1.69. The van der Waals surface area contributed by atoms with Crippen LogP contribution in [0.25, 0.3) is 0 Å². The first-order valence-electron chi connectivity index (χ1n) is 6.85. The molecule has 1 aliphatic heterocycles. The van der Waals surface area contributed by atoms with Gasteiger partial charge in [0.05, 0.1) is 13.1 Å². The van der Waals surface area contributed by atoms with E-state index in [9.17, 15) is 0 Å². The molecule has 0 bridgehead atoms. The summed E-state index contributed by atoms with van der Waals surface area (Å²) in [6, 6.07) is 0.534. The van der Waals surface area contributed by atoms with Gasteiger partial charge in [0.25, 0.3) is 0 Å². The maximum atomic E-state index is 4.43. The molecule has 6 nitrogen and oxygen atoms in total. The molecule has 0 radical (unpaired) electrons. The van der Waals surface area contributed by atoms with Gasteiger partial charge in [0.2, 0.25) is 0 Å². The third-order valence-corrected chi connectivity index (χ3v) is 3.88. The summed E-state index contributed by atoms with van der Waals surface area (Å²) in [7, 11) is 2.05. The highest BCUT2D eigenvalue weighted by atomic mass is 15.3. The summed E-state index contributed by atoms with van der Waals surface area (Å²) < 4.78 is 4.03. The molecule has 1 fully saturated rings. The van der Waals surface area contributed by atoms with Crippen molar-refractivity contribution < 1.29 is 0 Å². The maximum absolute atomic E-state index is 4.43. The van der Waals surface area contributed by atoms with Crippen LogP contribution in [0.4, 0.5) is 0 Å². The molecule has 3 rings (SSSR count). The van der Waals surface area contributed by atoms with Gasteiger partial charge in [-0.15, -0.1) is 0 Å². The molecule has 1 unspecified atom stereocenters. The van der Waals surface area contributed by atoms with Gasteiger partial charge in [0.15, 0.2) is 0 Å². The fraction of sp³-hybridized carbons (Fsp3) is 0.615. The van der Waals surface area contributed by atoms with Crippen molar-refractivity contribution in [3.05, 3.63) is 30.9 Å². The van der Waals surface area contributed by atoms with Crippen molar-refractivity contribution in [3.8, 4) is 0 Å². The van der Waals surface area contributed by atoms with Crippen LogP contribution in [-0.4, -0.2) is 41.8 Å². The van der Waals surface area contributed by atoms with Crippen molar-refractivity contribution >= 4 is 0 Å². The van der Waals surface area contributed by atoms with Crippen LogP contribution in [0.3, 0.4) is 0 Å². The molecular weight excluding hydrogens is 240 g/mol. The molecule has 1 saturated heterocycles. The van der Waals surface area contributed by atoms with E-state index in [1.807, 2.05) is 17.1 Å². The van der Waals surface area contributed by atoms with Crippen LogP contribution < -0.4 is 0 Å². The Bertz CT molecular complexity index is 503. The number of nitrogens with zero attached hydrogens (tertiary/aromatic N) is 6. The molecule has 0 amide bonds. The van der Waals surface area contributed by atoms with Gasteiger partial charge in [-0.2, -0.15) is 5.10 Å². The van der Waals surface area contributed by atoms with Gasteiger partial charge in [-0.3, -0.25) is 9.58 Å². The molecule has 102 valence electrons. The SMILES string of the molecule is Cn1ccnc1CN1CCCCC1Cn1cncn1. The molecule has 19 heavy (non-hydrogen) atoms. The first-order valence-corrected chi connectivity index (χ1v) is 6.85. The zero-order valence-corrected chi connectivity index (χ0v) is 11.3. The largest absolute Gasteiger partial charge is 0.337 e. The van der Waals surface area contributed by atoms with E-state index in [1.165, 1.54) is 19.3 Å². The van der Waals surface area contributed by atoms with Crippen LogP contribution in [0.5, 0.6) is 0 Å². The number of piperidine rings is 1. The van der Waals surface area contributed by atoms with E-state index in [0.717, 1.165) is 25.5 Å². The van der Waals surface area contributed by atoms with Crippen molar-refractivity contribution in [3.63, 3.8) is 0 Å². The number of likely N-dealkylation sites (tertiary alicyclic amines) is 1. The lowest BCUT2D eigenvalue weighted by Gasteiger charge is -2.35. The number of aromatic nitrogens is 5. The Morgan fingerprint density at radius 1 is 1.37 bits per heavy atom. The van der Waals surface area contributed by atoms with Crippen LogP contribution >= 0.6 is 0 Å². The molecule has 3 heterocycles. The summed E-state index contributed by atoms with van der Waals surface area (Å²) in [4.78, 5) is 11.0. The first kappa shape index (κ1) is 12.3. The standard InChI is InChI=1S/C13H20N6/c1-17-7-5-15-13(17)9-18-6-3-2-4-12(18)8-19-11-14-10-16-19/h5,7,10-12H,2-4,6,8-9H2,1H3. The summed E-state index contributed by atoms with van der Waals surface area (Å²) >= 11 is 0. The minimum Gasteiger partial charge on any atom is -0.337 e. The second-order valence-corrected chi connectivity index (χ2v) is 5.19. The minimum atomic E-state index is 0.534. The molecule has 2 aromatic heterocycles. The van der Waals surface area contributed by atoms with Crippen molar-refractivity contribution in [1.82, 2.24) is 29.2 Å². The summed E-state index contributed by atoms with van der Waals surface area (Å²) in [5.41, 5.74) is 0. The molecule has 6 heteroatoms. The van der Waals surface area contributed by atoms with E-state index in [1.54, 1.807) is 12.7 Å². The lowest BCUT2D eigenvalue weighted by Crippen LogP contribution is -2.42. The van der Waals surface area contributed by atoms with Gasteiger partial charge < -0.3 is 4.57 Å². The average molecular weight is 260 g/mol. The van der Waals surface area contributed by atoms with E-state index in [-0.39, 0.29) is 0 Å². The number of rotatable bonds is 4. The molecule has 0 aromatic carbocycles. The Morgan fingerprint density at radius 3 is 3.05 bits per heavy atom. The van der Waals surface area contributed by atoms with E-state index < -0.39 is 0 Å². The summed E-state index contributed by atoms with van der Waals surface area (Å²) in [5, 5.41) is 4.22. The smallest absolute Gasteiger partial charge is 0.137 e. The zero-order chi connectivity index (χ0) is 13.1. The average Bonchev–Trinajstić information content (AvgIpc) is 3.05. The first-order chi connectivity index (χ1) is 9.33. The van der Waals surface area contributed by atoms with Gasteiger partial charge in [0, 0.05) is 25.5 Å². The number of hydrogen-bond donors (Lipinski definition) is 0. The normalized spacial score (nSPS) is 20.8. The van der Waals surface area contributed by atoms with Gasteiger partial charge in [-0.1, -0.05) is 6.42 Å². The topological polar surface area (TPSA) is 51.8 Å². The third-order valence-electron chi connectivity index (χ3n) is 3.88. The fourth-order valence-corrected chi connectivity index (χ4v) is 2.75. The minimum absolute atomic E-state index is 0.534. The molecule has 0 N–H and O–H groups in total. The predicted octanol–water partition coefficient (Wildman–Crippen LogP) is 1.07. The zero-order valence-electron chi connectivity index (χ0n) is 11.3. The fourth-order valence-electron chi connectivity index (χ4n) is 2.75. The van der Waals surface area contributed by atoms with E-state index >= 15 is 0 Å². The van der Waals surface area contributed by atoms with Crippen molar-refractivity contribution in [2.24, 2.45) is 7.05 Å². The highest BCUT2D eigenvalue weighted by Crippen LogP contribution is 2.20. The van der Waals surface area contributed by atoms with Crippen LogP contribution in [-0.2, 0) is 20.1 Å². The predicted molar refractivity (Wildman–Crippen MR) is 71.3 cm³/mol. The summed E-state index contributed by atoms with van der Waals surface area (Å²) in [5.74, 6) is 1.13. The molecule has 0 saturated carbocycles. The Balaban J connectivity index is 1.68. The Labute approximate surface area is 113 Å². The molecule has 1 aliphatic rings. The van der Waals surface area contributed by atoms with Crippen LogP contribution in [0, 0.1) is 0 Å². The molecule has 0 spiro atoms. The van der Waals surface area contributed by atoms with Gasteiger partial charge in [0.1, 0.15) is 18.5 Å². The highest BCUT2D eigenvalue weighted by Gasteiger charge is 2.24. The Morgan fingerprint density at radius 2 is 2.32 bits per heavy atom. The maximum Gasteiger partial charge on any atom is 0.137 e. The second kappa shape index (κ2) is 5.52. The number of imidazole rings is 1. The van der Waals surface area contributed by atoms with Crippen LogP contribution in [0.1, 0.15) is 25.1 Å². The summed E-state index contributed by atoms with van der Waals surface area (Å²) in [6.07, 6.45) is 11.1. The van der Waals surface area contributed by atoms with Gasteiger partial charge in [-0.25, -0.2) is 9.97 Å². The van der Waals surface area contributed by atoms with Crippen molar-refractivity contribution in [2.45, 2.75) is 38.4 Å². The van der Waals surface area contributed by atoms with Crippen molar-refractivity contribution in [1.29, 1.82) is 0 Å². The lowest BCUT2D eigenvalue weighted by atomic mass is 10.0. The van der Waals surface area contributed by atoms with E-state index in [0.29, 0.717) is 6.04 Å². The van der Waals surface area contributed by atoms with Gasteiger partial charge in [-0.05, 0) is 19.4 Å². The molecule has 1 atom stereocenters. The van der Waals surface area contributed by atoms with E-state index in [4.69, 9.17) is 0 Å². The van der Waals surface area contributed by atoms with Crippen LogP contribution in [0.2, 0.25) is 0 Å². The molecule has 0 aliphatic carbocycles. The van der Waals surface area contributed by atoms with E-state index in [2.05, 4.69) is 31.6 Å². The van der Waals surface area contributed by atoms with Crippen LogP contribution in [0.15, 0.2) is 25.0 Å². The molecular formula is C13H20N6. The molecule has 2 aromatic rings. The van der Waals surface area contributed by atoms with Crippen molar-refractivity contribution in [2.75, 3.05) is 6.54 Å². The highest BCUT2D eigenvalue weighted by molar-refractivity contribution is 4.92. The monoisotopic (exact) mass is 260 g/mol. The second-order valence-electron chi connectivity index (χ2n) is 5.19. The quantitative estimate of drug-likeness (QED) is 0.825. The van der Waals surface area contributed by atoms with Gasteiger partial charge >= 0.3 is 0 Å². The Kier molecular flexibility index (Phi) is 3.59. The summed E-state index contributed by atoms with van der Waals surface area (Å²) in [6.45, 7) is 2.99. The third kappa shape index (κ3) is 2.84. The number of hydrogen-bond acceptors (Lipinski definition) is 4. The number of aryl methyl sites for hydroxylation is 1. The lowest BCUT2D eigenvalue weighted by molar-refractivity contribution is 0.117.